The summed E-state index contributed by atoms with van der Waals surface area (Å²) >= 11 is 1.40. The van der Waals surface area contributed by atoms with E-state index >= 15 is 0 Å². The van der Waals surface area contributed by atoms with E-state index in [1.54, 1.807) is 18.2 Å². The number of thiazole rings is 1. The van der Waals surface area contributed by atoms with Crippen LogP contribution in [0.4, 0.5) is 5.13 Å². The molecule has 0 aliphatic carbocycles. The molecule has 2 aromatic carbocycles. The van der Waals surface area contributed by atoms with Gasteiger partial charge in [0.05, 0.1) is 25.5 Å². The Labute approximate surface area is 166 Å². The molecule has 1 amide bonds. The Kier molecular flexibility index (Phi) is 4.37. The molecule has 6 nitrogen and oxygen atoms in total. The summed E-state index contributed by atoms with van der Waals surface area (Å²) in [5.41, 5.74) is 3.57. The van der Waals surface area contributed by atoms with Gasteiger partial charge in [-0.25, -0.2) is 4.98 Å². The number of fused-ring (bicyclic) bond motifs is 2. The molecule has 3 aromatic rings. The van der Waals surface area contributed by atoms with Crippen molar-refractivity contribution < 1.29 is 19.0 Å². The second kappa shape index (κ2) is 7.16. The fraction of sp³-hybridized carbons (Fsp3) is 0.238. The highest BCUT2D eigenvalue weighted by Crippen LogP contribution is 2.33. The Bertz CT molecular complexity index is 1050. The van der Waals surface area contributed by atoms with E-state index in [2.05, 4.69) is 16.4 Å². The Hall–Kier alpha value is -3.06. The molecule has 0 saturated carbocycles. The van der Waals surface area contributed by atoms with Gasteiger partial charge in [0.25, 0.3) is 5.91 Å². The average Bonchev–Trinajstić information content (AvgIpc) is 3.31. The van der Waals surface area contributed by atoms with Crippen molar-refractivity contribution in [3.05, 3.63) is 52.9 Å². The monoisotopic (exact) mass is 394 g/mol. The predicted octanol–water partition coefficient (Wildman–Crippen LogP) is 4.16. The number of anilines is 1. The lowest BCUT2D eigenvalue weighted by Crippen LogP contribution is -2.12. The second-order valence-corrected chi connectivity index (χ2v) is 7.48. The van der Waals surface area contributed by atoms with Crippen LogP contribution in [0.2, 0.25) is 0 Å². The largest absolute Gasteiger partial charge is 0.493 e. The van der Waals surface area contributed by atoms with Crippen molar-refractivity contribution in [2.45, 2.75) is 12.8 Å². The maximum Gasteiger partial charge on any atom is 0.257 e. The molecule has 0 bridgehead atoms. The van der Waals surface area contributed by atoms with Crippen LogP contribution in [0.1, 0.15) is 22.3 Å². The predicted molar refractivity (Wildman–Crippen MR) is 107 cm³/mol. The molecule has 7 heteroatoms. The number of amides is 1. The minimum absolute atomic E-state index is 0.223. The van der Waals surface area contributed by atoms with Gasteiger partial charge in [0, 0.05) is 29.3 Å². The molecule has 0 spiro atoms. The highest BCUT2D eigenvalue weighted by atomic mass is 32.1. The Morgan fingerprint density at radius 3 is 2.71 bits per heavy atom. The number of aromatic nitrogens is 1. The minimum Gasteiger partial charge on any atom is -0.493 e. The first kappa shape index (κ1) is 17.1. The number of carbonyl (C=O) groups excluding carboxylic acids is 1. The molecule has 28 heavy (non-hydrogen) atoms. The normalized spacial score (nSPS) is 14.7. The van der Waals surface area contributed by atoms with Crippen LogP contribution in [-0.4, -0.2) is 30.7 Å². The van der Waals surface area contributed by atoms with Gasteiger partial charge in [-0.05, 0) is 42.0 Å². The van der Waals surface area contributed by atoms with Crippen molar-refractivity contribution in [1.82, 2.24) is 4.98 Å². The van der Waals surface area contributed by atoms with E-state index < -0.39 is 0 Å². The number of nitrogens with one attached hydrogen (secondary N) is 1. The van der Waals surface area contributed by atoms with Crippen molar-refractivity contribution in [3.63, 3.8) is 0 Å². The maximum absolute atomic E-state index is 12.6. The van der Waals surface area contributed by atoms with Gasteiger partial charge in [0.1, 0.15) is 5.75 Å². The van der Waals surface area contributed by atoms with Gasteiger partial charge in [-0.15, -0.1) is 11.3 Å². The molecule has 0 fully saturated rings. The first-order chi connectivity index (χ1) is 13.8. The number of rotatable bonds is 3. The third kappa shape index (κ3) is 3.29. The number of hydrogen-bond acceptors (Lipinski definition) is 6. The lowest BCUT2D eigenvalue weighted by molar-refractivity contribution is 0.102. The summed E-state index contributed by atoms with van der Waals surface area (Å²) in [5.74, 6) is 2.00. The molecule has 0 radical (unpaired) electrons. The Morgan fingerprint density at radius 2 is 1.79 bits per heavy atom. The zero-order chi connectivity index (χ0) is 18.9. The average molecular weight is 394 g/mol. The fourth-order valence-corrected chi connectivity index (χ4v) is 4.00. The third-order valence-electron chi connectivity index (χ3n) is 4.72. The third-order valence-corrected chi connectivity index (χ3v) is 5.48. The van der Waals surface area contributed by atoms with Gasteiger partial charge in [-0.1, -0.05) is 0 Å². The smallest absolute Gasteiger partial charge is 0.257 e. The van der Waals surface area contributed by atoms with Crippen LogP contribution in [0, 0.1) is 0 Å². The topological polar surface area (TPSA) is 69.7 Å². The molecule has 5 rings (SSSR count). The van der Waals surface area contributed by atoms with Crippen LogP contribution in [0.15, 0.2) is 41.8 Å². The summed E-state index contributed by atoms with van der Waals surface area (Å²) in [6, 6.07) is 11.3. The molecular formula is C21H18N2O4S. The molecule has 1 aromatic heterocycles. The summed E-state index contributed by atoms with van der Waals surface area (Å²) < 4.78 is 16.8. The highest BCUT2D eigenvalue weighted by Gasteiger charge is 2.17. The van der Waals surface area contributed by atoms with Crippen LogP contribution in [-0.2, 0) is 6.42 Å². The van der Waals surface area contributed by atoms with Gasteiger partial charge < -0.3 is 14.2 Å². The van der Waals surface area contributed by atoms with Gasteiger partial charge in [-0.2, -0.15) is 0 Å². The van der Waals surface area contributed by atoms with Gasteiger partial charge in [0.2, 0.25) is 0 Å². The minimum atomic E-state index is -0.223. The van der Waals surface area contributed by atoms with E-state index in [1.807, 2.05) is 17.5 Å². The highest BCUT2D eigenvalue weighted by molar-refractivity contribution is 7.14. The summed E-state index contributed by atoms with van der Waals surface area (Å²) in [5, 5.41) is 5.38. The van der Waals surface area contributed by atoms with Crippen LogP contribution < -0.4 is 19.5 Å². The molecule has 2 aliphatic heterocycles. The van der Waals surface area contributed by atoms with Gasteiger partial charge >= 0.3 is 0 Å². The number of nitrogens with zero attached hydrogens (tertiary/aromatic N) is 1. The quantitative estimate of drug-likeness (QED) is 0.722. The second-order valence-electron chi connectivity index (χ2n) is 6.62. The van der Waals surface area contributed by atoms with E-state index in [4.69, 9.17) is 14.2 Å². The van der Waals surface area contributed by atoms with Crippen LogP contribution >= 0.6 is 11.3 Å². The van der Waals surface area contributed by atoms with Crippen LogP contribution in [0.3, 0.4) is 0 Å². The molecule has 3 heterocycles. The van der Waals surface area contributed by atoms with Crippen molar-refractivity contribution in [3.8, 4) is 28.5 Å². The Morgan fingerprint density at radius 1 is 0.964 bits per heavy atom. The fourth-order valence-electron chi connectivity index (χ4n) is 3.28. The van der Waals surface area contributed by atoms with E-state index in [0.29, 0.717) is 35.4 Å². The number of carbonyl (C=O) groups is 1. The zero-order valence-corrected chi connectivity index (χ0v) is 15.9. The lowest BCUT2D eigenvalue weighted by Gasteiger charge is -2.09. The zero-order valence-electron chi connectivity index (χ0n) is 15.1. The molecule has 0 atom stereocenters. The van der Waals surface area contributed by atoms with Crippen LogP contribution in [0.5, 0.6) is 17.2 Å². The molecule has 0 unspecified atom stereocenters. The maximum atomic E-state index is 12.6. The molecule has 0 saturated heterocycles. The van der Waals surface area contributed by atoms with Crippen molar-refractivity contribution in [2.75, 3.05) is 25.1 Å². The SMILES string of the molecule is O=C(Nc1nc(-c2ccc3c(c2)CCO3)cs1)c1ccc2c(c1)OCCCO2. The number of ether oxygens (including phenoxy) is 3. The van der Waals surface area contributed by atoms with Gasteiger partial charge in [0.15, 0.2) is 16.6 Å². The Balaban J connectivity index is 1.33. The first-order valence-electron chi connectivity index (χ1n) is 9.19. The summed E-state index contributed by atoms with van der Waals surface area (Å²) in [6.45, 7) is 1.93. The van der Waals surface area contributed by atoms with E-state index in [9.17, 15) is 4.79 Å². The molecular weight excluding hydrogens is 376 g/mol. The van der Waals surface area contributed by atoms with Crippen LogP contribution in [0.25, 0.3) is 11.3 Å². The number of hydrogen-bond donors (Lipinski definition) is 1. The van der Waals surface area contributed by atoms with E-state index in [1.165, 1.54) is 16.9 Å². The molecule has 142 valence electrons. The standard InChI is InChI=1S/C21H18N2O4S/c24-20(15-3-5-18-19(11-15)26-8-1-7-25-18)23-21-22-16(12-28-21)13-2-4-17-14(10-13)6-9-27-17/h2-5,10-12H,1,6-9H2,(H,22,23,24). The first-order valence-corrected chi connectivity index (χ1v) is 10.1. The summed E-state index contributed by atoms with van der Waals surface area (Å²) in [6.07, 6.45) is 1.74. The molecule has 2 aliphatic rings. The van der Waals surface area contributed by atoms with Crippen molar-refractivity contribution >= 4 is 22.4 Å². The summed E-state index contributed by atoms with van der Waals surface area (Å²) in [4.78, 5) is 17.2. The molecule has 1 N–H and O–H groups in total. The lowest BCUT2D eigenvalue weighted by atomic mass is 10.1. The number of benzene rings is 2. The van der Waals surface area contributed by atoms with Gasteiger partial charge in [-0.3, -0.25) is 10.1 Å². The van der Waals surface area contributed by atoms with E-state index in [0.717, 1.165) is 36.5 Å². The van der Waals surface area contributed by atoms with Crippen molar-refractivity contribution in [1.29, 1.82) is 0 Å². The summed E-state index contributed by atoms with van der Waals surface area (Å²) in [7, 11) is 0. The van der Waals surface area contributed by atoms with E-state index in [-0.39, 0.29) is 5.91 Å². The van der Waals surface area contributed by atoms with Crippen molar-refractivity contribution in [2.24, 2.45) is 0 Å².